The zero-order chi connectivity index (χ0) is 21.0. The first-order chi connectivity index (χ1) is 13.1. The molecule has 1 unspecified atom stereocenters. The highest BCUT2D eigenvalue weighted by atomic mass is 32.2. The SMILES string of the molecule is Cc1sc2nc(CSC(C)C(=O)NCCN(C(C)C)C(C)C)[nH]c(=O)c2c1C. The Hall–Kier alpha value is -1.38. The lowest BCUT2D eigenvalue weighted by Crippen LogP contribution is -2.43. The lowest BCUT2D eigenvalue weighted by molar-refractivity contribution is -0.120. The number of thiophene rings is 1. The van der Waals surface area contributed by atoms with Crippen LogP contribution in [-0.2, 0) is 10.5 Å². The van der Waals surface area contributed by atoms with Crippen LogP contribution in [0.5, 0.6) is 0 Å². The summed E-state index contributed by atoms with van der Waals surface area (Å²) in [6, 6.07) is 0.900. The Kier molecular flexibility index (Phi) is 8.09. The number of aromatic nitrogens is 2. The van der Waals surface area contributed by atoms with Crippen LogP contribution in [0.2, 0.25) is 0 Å². The third-order valence-corrected chi connectivity index (χ3v) is 7.18. The molecule has 0 spiro atoms. The van der Waals surface area contributed by atoms with Crippen LogP contribution in [0.25, 0.3) is 10.2 Å². The van der Waals surface area contributed by atoms with Gasteiger partial charge >= 0.3 is 0 Å². The molecule has 2 aromatic heterocycles. The Balaban J connectivity index is 1.89. The van der Waals surface area contributed by atoms with Gasteiger partial charge in [0.1, 0.15) is 10.7 Å². The predicted octanol–water partition coefficient (Wildman–Crippen LogP) is 3.46. The van der Waals surface area contributed by atoms with E-state index >= 15 is 0 Å². The average molecular weight is 425 g/mol. The zero-order valence-electron chi connectivity index (χ0n) is 17.9. The lowest BCUT2D eigenvalue weighted by atomic mass is 10.2. The van der Waals surface area contributed by atoms with Crippen molar-refractivity contribution in [1.29, 1.82) is 0 Å². The fraction of sp³-hybridized carbons (Fsp3) is 0.650. The van der Waals surface area contributed by atoms with Crippen molar-refractivity contribution in [1.82, 2.24) is 20.2 Å². The molecule has 0 radical (unpaired) electrons. The minimum Gasteiger partial charge on any atom is -0.354 e. The van der Waals surface area contributed by atoms with E-state index < -0.39 is 0 Å². The number of thioether (sulfide) groups is 1. The van der Waals surface area contributed by atoms with Crippen LogP contribution in [0.15, 0.2) is 4.79 Å². The number of aryl methyl sites for hydroxylation is 2. The lowest BCUT2D eigenvalue weighted by Gasteiger charge is -2.30. The Morgan fingerprint density at radius 3 is 2.46 bits per heavy atom. The summed E-state index contributed by atoms with van der Waals surface area (Å²) in [6.45, 7) is 16.0. The second-order valence-electron chi connectivity index (χ2n) is 7.65. The Bertz CT molecular complexity index is 865. The van der Waals surface area contributed by atoms with Crippen LogP contribution in [0.4, 0.5) is 0 Å². The zero-order valence-corrected chi connectivity index (χ0v) is 19.5. The molecule has 0 saturated heterocycles. The number of nitrogens with one attached hydrogen (secondary N) is 2. The summed E-state index contributed by atoms with van der Waals surface area (Å²) in [4.78, 5) is 36.4. The van der Waals surface area contributed by atoms with Gasteiger partial charge in [-0.25, -0.2) is 4.98 Å². The molecule has 2 N–H and O–H groups in total. The number of H-pyrrole nitrogens is 1. The van der Waals surface area contributed by atoms with E-state index in [0.29, 0.717) is 35.6 Å². The summed E-state index contributed by atoms with van der Waals surface area (Å²) in [5, 5.41) is 3.49. The molecule has 1 amide bonds. The fourth-order valence-corrected chi connectivity index (χ4v) is 5.04. The van der Waals surface area contributed by atoms with Crippen molar-refractivity contribution in [2.45, 2.75) is 71.6 Å². The summed E-state index contributed by atoms with van der Waals surface area (Å²) < 4.78 is 0. The molecule has 0 bridgehead atoms. The second kappa shape index (κ2) is 9.89. The monoisotopic (exact) mass is 424 g/mol. The highest BCUT2D eigenvalue weighted by Gasteiger charge is 2.17. The molecule has 6 nitrogen and oxygen atoms in total. The van der Waals surface area contributed by atoms with E-state index in [0.717, 1.165) is 21.8 Å². The predicted molar refractivity (Wildman–Crippen MR) is 120 cm³/mol. The maximum absolute atomic E-state index is 12.4. The Morgan fingerprint density at radius 1 is 1.21 bits per heavy atom. The van der Waals surface area contributed by atoms with Gasteiger partial charge in [0, 0.05) is 30.1 Å². The number of fused-ring (bicyclic) bond motifs is 1. The fourth-order valence-electron chi connectivity index (χ4n) is 3.21. The summed E-state index contributed by atoms with van der Waals surface area (Å²) in [7, 11) is 0. The van der Waals surface area contributed by atoms with Gasteiger partial charge in [-0.05, 0) is 54.0 Å². The molecule has 2 aromatic rings. The van der Waals surface area contributed by atoms with Gasteiger partial charge in [-0.3, -0.25) is 14.5 Å². The largest absolute Gasteiger partial charge is 0.354 e. The van der Waals surface area contributed by atoms with Crippen molar-refractivity contribution in [3.63, 3.8) is 0 Å². The second-order valence-corrected chi connectivity index (χ2v) is 10.2. The van der Waals surface area contributed by atoms with Gasteiger partial charge in [0.05, 0.1) is 16.4 Å². The molecule has 0 saturated carbocycles. The van der Waals surface area contributed by atoms with Gasteiger partial charge in [-0.15, -0.1) is 23.1 Å². The first kappa shape index (κ1) is 22.9. The standard InChI is InChI=1S/C20H32N4O2S2/c1-11(2)24(12(3)4)9-8-21-18(25)15(7)27-10-16-22-19(26)17-13(5)14(6)28-20(17)23-16/h11-12,15H,8-10H2,1-7H3,(H,21,25)(H,22,23,26). The molecular weight excluding hydrogens is 392 g/mol. The number of hydrogen-bond donors (Lipinski definition) is 2. The number of nitrogens with zero attached hydrogens (tertiary/aromatic N) is 2. The van der Waals surface area contributed by atoms with Crippen LogP contribution in [0, 0.1) is 13.8 Å². The van der Waals surface area contributed by atoms with Crippen LogP contribution in [0.3, 0.4) is 0 Å². The Labute approximate surface area is 175 Å². The van der Waals surface area contributed by atoms with Gasteiger partial charge in [0.2, 0.25) is 5.91 Å². The Morgan fingerprint density at radius 2 is 1.86 bits per heavy atom. The molecule has 2 rings (SSSR count). The third-order valence-electron chi connectivity index (χ3n) is 4.92. The average Bonchev–Trinajstić information content (AvgIpc) is 2.90. The first-order valence-electron chi connectivity index (χ1n) is 9.75. The molecule has 0 fully saturated rings. The van der Waals surface area contributed by atoms with E-state index in [1.54, 1.807) is 11.3 Å². The van der Waals surface area contributed by atoms with Gasteiger partial charge < -0.3 is 10.3 Å². The molecule has 0 aliphatic carbocycles. The van der Waals surface area contributed by atoms with E-state index in [1.807, 2.05) is 20.8 Å². The summed E-state index contributed by atoms with van der Waals surface area (Å²) >= 11 is 3.03. The maximum atomic E-state index is 12.4. The van der Waals surface area contributed by atoms with E-state index in [9.17, 15) is 9.59 Å². The normalized spacial score (nSPS) is 13.1. The van der Waals surface area contributed by atoms with E-state index in [-0.39, 0.29) is 16.7 Å². The number of carbonyl (C=O) groups is 1. The quantitative estimate of drug-likeness (QED) is 0.645. The minimum atomic E-state index is -0.209. The van der Waals surface area contributed by atoms with E-state index in [1.165, 1.54) is 11.8 Å². The molecular formula is C20H32N4O2S2. The van der Waals surface area contributed by atoms with Gasteiger partial charge in [0.25, 0.3) is 5.56 Å². The summed E-state index contributed by atoms with van der Waals surface area (Å²) in [5.74, 6) is 1.14. The number of aromatic amines is 1. The van der Waals surface area contributed by atoms with Crippen LogP contribution < -0.4 is 10.9 Å². The van der Waals surface area contributed by atoms with Crippen molar-refractivity contribution in [3.8, 4) is 0 Å². The van der Waals surface area contributed by atoms with Crippen molar-refractivity contribution in [3.05, 3.63) is 26.6 Å². The molecule has 28 heavy (non-hydrogen) atoms. The van der Waals surface area contributed by atoms with E-state index in [2.05, 4.69) is 47.9 Å². The highest BCUT2D eigenvalue weighted by Crippen LogP contribution is 2.26. The molecule has 0 aliphatic rings. The topological polar surface area (TPSA) is 78.1 Å². The minimum absolute atomic E-state index is 0.0173. The van der Waals surface area contributed by atoms with Gasteiger partial charge in [0.15, 0.2) is 0 Å². The van der Waals surface area contributed by atoms with Crippen LogP contribution >= 0.6 is 23.1 Å². The number of carbonyl (C=O) groups excluding carboxylic acids is 1. The molecule has 0 aromatic carbocycles. The smallest absolute Gasteiger partial charge is 0.259 e. The highest BCUT2D eigenvalue weighted by molar-refractivity contribution is 7.99. The van der Waals surface area contributed by atoms with Crippen molar-refractivity contribution < 1.29 is 4.79 Å². The van der Waals surface area contributed by atoms with Gasteiger partial charge in [-0.1, -0.05) is 0 Å². The third kappa shape index (κ3) is 5.58. The summed E-state index contributed by atoms with van der Waals surface area (Å²) in [5.41, 5.74) is 0.902. The van der Waals surface area contributed by atoms with Gasteiger partial charge in [-0.2, -0.15) is 0 Å². The van der Waals surface area contributed by atoms with Crippen LogP contribution in [-0.4, -0.2) is 51.2 Å². The number of amides is 1. The molecule has 0 aliphatic heterocycles. The van der Waals surface area contributed by atoms with Crippen molar-refractivity contribution >= 4 is 39.2 Å². The van der Waals surface area contributed by atoms with Crippen molar-refractivity contribution in [2.75, 3.05) is 13.1 Å². The maximum Gasteiger partial charge on any atom is 0.259 e. The molecule has 8 heteroatoms. The first-order valence-corrected chi connectivity index (χ1v) is 11.6. The number of hydrogen-bond acceptors (Lipinski definition) is 6. The van der Waals surface area contributed by atoms with Crippen molar-refractivity contribution in [2.24, 2.45) is 0 Å². The van der Waals surface area contributed by atoms with Crippen LogP contribution in [0.1, 0.15) is 50.9 Å². The molecule has 1 atom stereocenters. The molecule has 2 heterocycles. The molecule has 156 valence electrons. The van der Waals surface area contributed by atoms with E-state index in [4.69, 9.17) is 0 Å². The summed E-state index contributed by atoms with van der Waals surface area (Å²) in [6.07, 6.45) is 0. The number of rotatable bonds is 9.